The van der Waals surface area contributed by atoms with Gasteiger partial charge >= 0.3 is 0 Å². The van der Waals surface area contributed by atoms with Gasteiger partial charge in [-0.25, -0.2) is 4.98 Å². The molecule has 0 aliphatic rings. The van der Waals surface area contributed by atoms with Crippen LogP contribution < -0.4 is 0 Å². The normalized spacial score (nSPS) is 10.8. The highest BCUT2D eigenvalue weighted by Crippen LogP contribution is 2.22. The van der Waals surface area contributed by atoms with Gasteiger partial charge in [0.25, 0.3) is 0 Å². The molecule has 0 spiro atoms. The Morgan fingerprint density at radius 2 is 2.29 bits per heavy atom. The molecule has 5 heteroatoms. The molecule has 0 radical (unpaired) electrons. The number of carbonyl (C=O) groups is 1. The Morgan fingerprint density at radius 1 is 1.53 bits per heavy atom. The second-order valence-electron chi connectivity index (χ2n) is 3.85. The molecular formula is C12H14N2OS2. The number of rotatable bonds is 4. The first-order valence-electron chi connectivity index (χ1n) is 5.28. The number of aryl methyl sites for hydroxylation is 1. The monoisotopic (exact) mass is 266 g/mol. The Kier molecular flexibility index (Phi) is 3.69. The number of hydrogen-bond donors (Lipinski definition) is 0. The molecule has 0 N–H and O–H groups in total. The summed E-state index contributed by atoms with van der Waals surface area (Å²) in [5.41, 5.74) is 2.98. The average Bonchev–Trinajstić information content (AvgIpc) is 2.91. The zero-order valence-electron chi connectivity index (χ0n) is 10.1. The fourth-order valence-corrected chi connectivity index (χ4v) is 3.15. The van der Waals surface area contributed by atoms with Gasteiger partial charge in [0.15, 0.2) is 5.78 Å². The number of Topliss-reactive ketones (excluding diaryl/α,β-unsaturated/α-hetero) is 1. The van der Waals surface area contributed by atoms with Gasteiger partial charge in [-0.05, 0) is 19.9 Å². The van der Waals surface area contributed by atoms with E-state index in [0.717, 1.165) is 21.3 Å². The summed E-state index contributed by atoms with van der Waals surface area (Å²) in [4.78, 5) is 16.2. The standard InChI is InChI=1S/C12H14N2OS2/c1-8-6-10(9(2)14(8)3)11(15)7-17-12-13-4-5-16-12/h4-6H,7H2,1-3H3. The highest BCUT2D eigenvalue weighted by Gasteiger charge is 2.14. The average molecular weight is 266 g/mol. The number of hydrogen-bond acceptors (Lipinski definition) is 4. The molecule has 3 nitrogen and oxygen atoms in total. The predicted octanol–water partition coefficient (Wildman–Crippen LogP) is 3.07. The summed E-state index contributed by atoms with van der Waals surface area (Å²) in [5, 5.41) is 1.92. The van der Waals surface area contributed by atoms with Crippen LogP contribution in [0.25, 0.3) is 0 Å². The van der Waals surface area contributed by atoms with E-state index in [1.54, 1.807) is 17.5 Å². The van der Waals surface area contributed by atoms with Crippen molar-refractivity contribution < 1.29 is 4.79 Å². The van der Waals surface area contributed by atoms with Gasteiger partial charge in [0.05, 0.1) is 5.75 Å². The quantitative estimate of drug-likeness (QED) is 0.630. The Morgan fingerprint density at radius 3 is 2.82 bits per heavy atom. The predicted molar refractivity (Wildman–Crippen MR) is 72.1 cm³/mol. The molecule has 2 aromatic rings. The molecular weight excluding hydrogens is 252 g/mol. The summed E-state index contributed by atoms with van der Waals surface area (Å²) in [6, 6.07) is 1.96. The van der Waals surface area contributed by atoms with E-state index in [-0.39, 0.29) is 5.78 Å². The van der Waals surface area contributed by atoms with Crippen molar-refractivity contribution in [1.29, 1.82) is 0 Å². The highest BCUT2D eigenvalue weighted by molar-refractivity contribution is 8.01. The maximum Gasteiger partial charge on any atom is 0.174 e. The molecule has 0 fully saturated rings. The third-order valence-electron chi connectivity index (χ3n) is 2.81. The van der Waals surface area contributed by atoms with Crippen LogP contribution in [0.5, 0.6) is 0 Å². The first-order chi connectivity index (χ1) is 8.09. The van der Waals surface area contributed by atoms with Gasteiger partial charge in [0.1, 0.15) is 4.34 Å². The Labute approximate surface area is 109 Å². The summed E-state index contributed by atoms with van der Waals surface area (Å²) < 4.78 is 2.99. The molecule has 0 bridgehead atoms. The van der Waals surface area contributed by atoms with Crippen LogP contribution in [-0.2, 0) is 7.05 Å². The minimum Gasteiger partial charge on any atom is -0.351 e. The van der Waals surface area contributed by atoms with Crippen molar-refractivity contribution in [2.24, 2.45) is 7.05 Å². The number of nitrogens with zero attached hydrogens (tertiary/aromatic N) is 2. The molecule has 17 heavy (non-hydrogen) atoms. The molecule has 0 aliphatic carbocycles. The second-order valence-corrected chi connectivity index (χ2v) is 5.97. The minimum absolute atomic E-state index is 0.173. The van der Waals surface area contributed by atoms with Crippen molar-refractivity contribution in [1.82, 2.24) is 9.55 Å². The van der Waals surface area contributed by atoms with Crippen LogP contribution in [0.15, 0.2) is 22.0 Å². The van der Waals surface area contributed by atoms with Crippen molar-refractivity contribution >= 4 is 28.9 Å². The van der Waals surface area contributed by atoms with E-state index < -0.39 is 0 Å². The van der Waals surface area contributed by atoms with Crippen molar-refractivity contribution in [3.8, 4) is 0 Å². The number of ketones is 1. The molecule has 0 saturated heterocycles. The lowest BCUT2D eigenvalue weighted by atomic mass is 10.2. The van der Waals surface area contributed by atoms with Crippen LogP contribution in [0, 0.1) is 13.8 Å². The maximum absolute atomic E-state index is 12.1. The third-order valence-corrected chi connectivity index (χ3v) is 4.78. The second kappa shape index (κ2) is 5.06. The van der Waals surface area contributed by atoms with Crippen molar-refractivity contribution in [3.63, 3.8) is 0 Å². The first kappa shape index (κ1) is 12.4. The molecule has 2 rings (SSSR count). The summed E-state index contributed by atoms with van der Waals surface area (Å²) in [5.74, 6) is 0.629. The number of carbonyl (C=O) groups excluding carboxylic acids is 1. The van der Waals surface area contributed by atoms with E-state index >= 15 is 0 Å². The molecule has 2 heterocycles. The van der Waals surface area contributed by atoms with Gasteiger partial charge in [0.2, 0.25) is 0 Å². The summed E-state index contributed by atoms with van der Waals surface area (Å²) in [6.07, 6.45) is 1.76. The molecule has 2 aromatic heterocycles. The van der Waals surface area contributed by atoms with Gasteiger partial charge in [-0.3, -0.25) is 4.79 Å². The van der Waals surface area contributed by atoms with Crippen LogP contribution in [0.1, 0.15) is 21.7 Å². The third kappa shape index (κ3) is 2.61. The van der Waals surface area contributed by atoms with Gasteiger partial charge in [-0.2, -0.15) is 0 Å². The SMILES string of the molecule is Cc1cc(C(=O)CSc2nccs2)c(C)n1C. The zero-order valence-corrected chi connectivity index (χ0v) is 11.7. The van der Waals surface area contributed by atoms with E-state index in [0.29, 0.717) is 5.75 Å². The summed E-state index contributed by atoms with van der Waals surface area (Å²) in [7, 11) is 1.98. The van der Waals surface area contributed by atoms with Crippen LogP contribution in [-0.4, -0.2) is 21.1 Å². The van der Waals surface area contributed by atoms with E-state index in [1.165, 1.54) is 11.8 Å². The van der Waals surface area contributed by atoms with Crippen LogP contribution in [0.4, 0.5) is 0 Å². The summed E-state index contributed by atoms with van der Waals surface area (Å²) >= 11 is 3.07. The molecule has 0 unspecified atom stereocenters. The van der Waals surface area contributed by atoms with Gasteiger partial charge in [-0.1, -0.05) is 11.8 Å². The van der Waals surface area contributed by atoms with E-state index in [1.807, 2.05) is 36.9 Å². The Hall–Kier alpha value is -1.07. The zero-order chi connectivity index (χ0) is 12.4. The first-order valence-corrected chi connectivity index (χ1v) is 7.14. The number of thioether (sulfide) groups is 1. The highest BCUT2D eigenvalue weighted by atomic mass is 32.2. The molecule has 0 saturated carbocycles. The van der Waals surface area contributed by atoms with Gasteiger partial charge in [0, 0.05) is 35.6 Å². The maximum atomic E-state index is 12.1. The molecule has 0 amide bonds. The molecule has 0 atom stereocenters. The number of aromatic nitrogens is 2. The molecule has 0 aromatic carbocycles. The Bertz CT molecular complexity index is 529. The van der Waals surface area contributed by atoms with Crippen molar-refractivity contribution in [2.45, 2.75) is 18.2 Å². The fraction of sp³-hybridized carbons (Fsp3) is 0.333. The Balaban J connectivity index is 2.07. The number of thiazole rings is 1. The lowest BCUT2D eigenvalue weighted by Gasteiger charge is -2.01. The van der Waals surface area contributed by atoms with E-state index in [9.17, 15) is 4.79 Å². The largest absolute Gasteiger partial charge is 0.351 e. The van der Waals surface area contributed by atoms with E-state index in [4.69, 9.17) is 0 Å². The minimum atomic E-state index is 0.173. The fourth-order valence-electron chi connectivity index (χ4n) is 1.62. The van der Waals surface area contributed by atoms with Gasteiger partial charge in [-0.15, -0.1) is 11.3 Å². The van der Waals surface area contributed by atoms with Crippen LogP contribution in [0.3, 0.4) is 0 Å². The van der Waals surface area contributed by atoms with Crippen molar-refractivity contribution in [2.75, 3.05) is 5.75 Å². The smallest absolute Gasteiger partial charge is 0.174 e. The topological polar surface area (TPSA) is 34.9 Å². The van der Waals surface area contributed by atoms with E-state index in [2.05, 4.69) is 4.98 Å². The van der Waals surface area contributed by atoms with Crippen LogP contribution in [0.2, 0.25) is 0 Å². The molecule has 90 valence electrons. The van der Waals surface area contributed by atoms with Gasteiger partial charge < -0.3 is 4.57 Å². The van der Waals surface area contributed by atoms with Crippen LogP contribution >= 0.6 is 23.1 Å². The summed E-state index contributed by atoms with van der Waals surface area (Å²) in [6.45, 7) is 3.99. The van der Waals surface area contributed by atoms with Crippen molar-refractivity contribution in [3.05, 3.63) is 34.6 Å². The lowest BCUT2D eigenvalue weighted by molar-refractivity contribution is 0.102. The molecule has 0 aliphatic heterocycles. The lowest BCUT2D eigenvalue weighted by Crippen LogP contribution is -2.04.